The first-order chi connectivity index (χ1) is 15.5. The molecule has 0 saturated heterocycles. The number of rotatable bonds is 8. The van der Waals surface area contributed by atoms with Crippen molar-refractivity contribution in [2.45, 2.75) is 33.9 Å². The zero-order valence-corrected chi connectivity index (χ0v) is 18.4. The van der Waals surface area contributed by atoms with Gasteiger partial charge in [-0.1, -0.05) is 0 Å². The Morgan fingerprint density at radius 2 is 1.81 bits per heavy atom. The summed E-state index contributed by atoms with van der Waals surface area (Å²) in [5, 5.41) is 4.00. The molecule has 0 saturated carbocycles. The quantitative estimate of drug-likeness (QED) is 0.321. The number of furan rings is 1. The van der Waals surface area contributed by atoms with E-state index in [1.807, 2.05) is 54.1 Å². The van der Waals surface area contributed by atoms with Crippen LogP contribution in [0.4, 0.5) is 0 Å². The minimum atomic E-state index is -0.413. The Bertz CT molecular complexity index is 1210. The fourth-order valence-corrected chi connectivity index (χ4v) is 3.54. The smallest absolute Gasteiger partial charge is 0.307 e. The van der Waals surface area contributed by atoms with Gasteiger partial charge >= 0.3 is 5.91 Å². The molecule has 0 bridgehead atoms. The van der Waals surface area contributed by atoms with E-state index in [2.05, 4.69) is 41.1 Å². The molecule has 0 spiro atoms. The fourth-order valence-electron chi connectivity index (χ4n) is 3.54. The zero-order valence-electron chi connectivity index (χ0n) is 18.4. The number of hydrogen-bond donors (Lipinski definition) is 1. The molecule has 0 fully saturated rings. The Balaban J connectivity index is 1.32. The summed E-state index contributed by atoms with van der Waals surface area (Å²) in [5.74, 6) is 1.05. The molecule has 0 aliphatic rings. The normalized spacial score (nSPS) is 11.2. The molecule has 164 valence electrons. The second-order valence-corrected chi connectivity index (χ2v) is 7.42. The Labute approximate surface area is 186 Å². The van der Waals surface area contributed by atoms with Gasteiger partial charge in [0.2, 0.25) is 0 Å². The van der Waals surface area contributed by atoms with E-state index in [0.29, 0.717) is 5.76 Å². The van der Waals surface area contributed by atoms with Crippen LogP contribution in [0.5, 0.6) is 5.75 Å². The Morgan fingerprint density at radius 1 is 1.06 bits per heavy atom. The second kappa shape index (κ2) is 9.43. The van der Waals surface area contributed by atoms with Crippen molar-refractivity contribution in [2.75, 3.05) is 0 Å². The highest BCUT2D eigenvalue weighted by molar-refractivity contribution is 5.92. The minimum absolute atomic E-state index is 0.181. The van der Waals surface area contributed by atoms with Gasteiger partial charge in [0, 0.05) is 29.8 Å². The topological polar surface area (TPSA) is 73.7 Å². The van der Waals surface area contributed by atoms with Crippen molar-refractivity contribution >= 4 is 12.1 Å². The average molecular weight is 431 g/mol. The Kier molecular flexibility index (Phi) is 6.26. The van der Waals surface area contributed by atoms with Gasteiger partial charge in [0.25, 0.3) is 0 Å². The third kappa shape index (κ3) is 4.67. The molecule has 32 heavy (non-hydrogen) atoms. The predicted octanol–water partition coefficient (Wildman–Crippen LogP) is 4.85. The summed E-state index contributed by atoms with van der Waals surface area (Å²) in [6.45, 7) is 7.26. The monoisotopic (exact) mass is 430 g/mol. The first-order valence-electron chi connectivity index (χ1n) is 10.5. The molecule has 0 aliphatic carbocycles. The van der Waals surface area contributed by atoms with E-state index in [1.165, 1.54) is 11.4 Å². The summed E-state index contributed by atoms with van der Waals surface area (Å²) >= 11 is 0. The molecule has 0 radical (unpaired) electrons. The van der Waals surface area contributed by atoms with Crippen LogP contribution in [0, 0.1) is 13.8 Å². The van der Waals surface area contributed by atoms with Crippen LogP contribution in [0.15, 0.2) is 76.4 Å². The van der Waals surface area contributed by atoms with Crippen LogP contribution < -0.4 is 10.2 Å². The molecule has 3 heterocycles. The third-order valence-corrected chi connectivity index (χ3v) is 5.20. The van der Waals surface area contributed by atoms with Gasteiger partial charge in [0.05, 0.1) is 11.9 Å². The van der Waals surface area contributed by atoms with E-state index in [0.717, 1.165) is 23.7 Å². The number of carbonyl (C=O) groups excluding carboxylic acids is 1. The van der Waals surface area contributed by atoms with Crippen molar-refractivity contribution in [1.29, 1.82) is 0 Å². The first kappa shape index (κ1) is 21.2. The number of aryl methyl sites for hydroxylation is 3. The number of nitrogens with one attached hydrogen (secondary N) is 1. The number of ether oxygens (including phenoxy) is 1. The van der Waals surface area contributed by atoms with Crippen molar-refractivity contribution in [1.82, 2.24) is 14.6 Å². The lowest BCUT2D eigenvalue weighted by Gasteiger charge is -2.10. The maximum absolute atomic E-state index is 12.3. The van der Waals surface area contributed by atoms with Crippen LogP contribution in [0.25, 0.3) is 5.69 Å². The second-order valence-electron chi connectivity index (χ2n) is 7.42. The minimum Gasteiger partial charge on any atom is -0.486 e. The molecule has 1 N–H and O–H groups in total. The summed E-state index contributed by atoms with van der Waals surface area (Å²) in [4.78, 5) is 12.3. The van der Waals surface area contributed by atoms with Gasteiger partial charge in [-0.05, 0) is 81.4 Å². The van der Waals surface area contributed by atoms with Crippen molar-refractivity contribution in [3.63, 3.8) is 0 Å². The summed E-state index contributed by atoms with van der Waals surface area (Å²) in [6.07, 6.45) is 3.56. The molecule has 1 aromatic carbocycles. The van der Waals surface area contributed by atoms with E-state index in [9.17, 15) is 4.79 Å². The van der Waals surface area contributed by atoms with Gasteiger partial charge in [-0.2, -0.15) is 5.10 Å². The van der Waals surface area contributed by atoms with E-state index in [-0.39, 0.29) is 12.4 Å². The highest BCUT2D eigenvalue weighted by atomic mass is 16.5. The van der Waals surface area contributed by atoms with E-state index < -0.39 is 5.91 Å². The first-order valence-corrected chi connectivity index (χ1v) is 10.5. The van der Waals surface area contributed by atoms with Gasteiger partial charge in [-0.3, -0.25) is 4.79 Å². The molecule has 0 atom stereocenters. The number of aromatic nitrogens is 2. The van der Waals surface area contributed by atoms with Crippen LogP contribution in [0.3, 0.4) is 0 Å². The summed E-state index contributed by atoms with van der Waals surface area (Å²) < 4.78 is 15.6. The number of amides is 1. The summed E-state index contributed by atoms with van der Waals surface area (Å²) in [5.41, 5.74) is 6.84. The number of benzene rings is 1. The lowest BCUT2D eigenvalue weighted by atomic mass is 10.3. The van der Waals surface area contributed by atoms with Crippen molar-refractivity contribution in [3.8, 4) is 11.4 Å². The number of nitrogens with zero attached hydrogens (tertiary/aromatic N) is 3. The van der Waals surface area contributed by atoms with Gasteiger partial charge < -0.3 is 18.3 Å². The van der Waals surface area contributed by atoms with Gasteiger partial charge in [0.15, 0.2) is 5.76 Å². The van der Waals surface area contributed by atoms with Gasteiger partial charge in [-0.25, -0.2) is 5.43 Å². The van der Waals surface area contributed by atoms with Gasteiger partial charge in [-0.15, -0.1) is 0 Å². The van der Waals surface area contributed by atoms with Crippen LogP contribution in [-0.4, -0.2) is 21.3 Å². The lowest BCUT2D eigenvalue weighted by molar-refractivity contribution is 0.0923. The molecule has 4 aromatic rings. The molecular weight excluding hydrogens is 404 g/mol. The van der Waals surface area contributed by atoms with Crippen molar-refractivity contribution in [3.05, 3.63) is 95.5 Å². The number of carbonyl (C=O) groups is 1. The third-order valence-electron chi connectivity index (χ3n) is 5.20. The molecular formula is C25H26N4O3. The maximum Gasteiger partial charge on any atom is 0.307 e. The highest BCUT2D eigenvalue weighted by Gasteiger charge is 2.11. The van der Waals surface area contributed by atoms with Crippen LogP contribution in [0.2, 0.25) is 0 Å². The molecule has 4 rings (SSSR count). The molecule has 3 aromatic heterocycles. The fraction of sp³-hybridized carbons (Fsp3) is 0.200. The lowest BCUT2D eigenvalue weighted by Crippen LogP contribution is -2.17. The Morgan fingerprint density at radius 3 is 2.53 bits per heavy atom. The maximum atomic E-state index is 12.3. The van der Waals surface area contributed by atoms with Crippen LogP contribution >= 0.6 is 0 Å². The standard InChI is InChI=1S/C25H26N4O3/c1-4-28-15-5-6-21(28)16-26-27-25(30)24-14-13-23(32-24)17-31-22-11-9-20(10-12-22)29-18(2)7-8-19(29)3/h5-16H,4,17H2,1-3H3,(H,27,30)/b26-16+. The molecule has 0 unspecified atom stereocenters. The number of hydrogen-bond acceptors (Lipinski definition) is 4. The number of hydrazone groups is 1. The van der Waals surface area contributed by atoms with Crippen LogP contribution in [0.1, 0.15) is 40.3 Å². The zero-order chi connectivity index (χ0) is 22.5. The predicted molar refractivity (Wildman–Crippen MR) is 123 cm³/mol. The SMILES string of the molecule is CCn1cccc1/C=N/NC(=O)c1ccc(COc2ccc(-n3c(C)ccc3C)cc2)o1. The average Bonchev–Trinajstić information content (AvgIpc) is 3.53. The summed E-state index contributed by atoms with van der Waals surface area (Å²) in [7, 11) is 0. The van der Waals surface area contributed by atoms with Crippen molar-refractivity contribution in [2.24, 2.45) is 5.10 Å². The molecule has 1 amide bonds. The Hall–Kier alpha value is -4.00. The van der Waals surface area contributed by atoms with Gasteiger partial charge in [0.1, 0.15) is 18.1 Å². The molecule has 0 aliphatic heterocycles. The van der Waals surface area contributed by atoms with E-state index in [4.69, 9.17) is 9.15 Å². The largest absolute Gasteiger partial charge is 0.486 e. The molecule has 7 heteroatoms. The molecule has 7 nitrogen and oxygen atoms in total. The highest BCUT2D eigenvalue weighted by Crippen LogP contribution is 2.21. The van der Waals surface area contributed by atoms with E-state index >= 15 is 0 Å². The van der Waals surface area contributed by atoms with E-state index in [1.54, 1.807) is 18.3 Å². The van der Waals surface area contributed by atoms with Crippen LogP contribution in [-0.2, 0) is 13.2 Å². The summed E-state index contributed by atoms with van der Waals surface area (Å²) in [6, 6.07) is 19.3. The van der Waals surface area contributed by atoms with Crippen molar-refractivity contribution < 1.29 is 13.9 Å².